The predicted molar refractivity (Wildman–Crippen MR) is 86.3 cm³/mol. The maximum atomic E-state index is 11.2. The first-order valence-electron chi connectivity index (χ1n) is 6.82. The summed E-state index contributed by atoms with van der Waals surface area (Å²) in [7, 11) is 0. The molecule has 0 saturated heterocycles. The number of nitrogens with two attached hydrogens (primary N) is 1. The Morgan fingerprint density at radius 3 is 2.81 bits per heavy atom. The molecule has 0 radical (unpaired) electrons. The van der Waals surface area contributed by atoms with E-state index in [9.17, 15) is 4.79 Å². The third kappa shape index (κ3) is 4.15. The van der Waals surface area contributed by atoms with Crippen LogP contribution in [0.1, 0.15) is 29.9 Å². The van der Waals surface area contributed by atoms with E-state index < -0.39 is 5.91 Å². The summed E-state index contributed by atoms with van der Waals surface area (Å²) >= 11 is 3.49. The molecule has 0 fully saturated rings. The molecule has 0 aliphatic rings. The molecule has 0 aliphatic heterocycles. The maximum absolute atomic E-state index is 11.2. The lowest BCUT2D eigenvalue weighted by molar-refractivity contribution is 0.0995. The zero-order chi connectivity index (χ0) is 15.4. The number of amides is 1. The second-order valence-corrected chi connectivity index (χ2v) is 6.22. The van der Waals surface area contributed by atoms with Crippen molar-refractivity contribution in [3.63, 3.8) is 0 Å². The minimum absolute atomic E-state index is 0.263. The van der Waals surface area contributed by atoms with E-state index in [2.05, 4.69) is 40.2 Å². The number of nitrogens with zero attached hydrogens (tertiary/aromatic N) is 2. The minimum Gasteiger partial charge on any atom is -0.364 e. The number of hydrogen-bond donors (Lipinski definition) is 2. The molecule has 1 aromatic carbocycles. The van der Waals surface area contributed by atoms with Crippen molar-refractivity contribution in [3.05, 3.63) is 46.2 Å². The summed E-state index contributed by atoms with van der Waals surface area (Å²) < 4.78 is 2.69. The highest BCUT2D eigenvalue weighted by Gasteiger charge is 2.10. The Kier molecular flexibility index (Phi) is 5.14. The van der Waals surface area contributed by atoms with Crippen molar-refractivity contribution in [2.45, 2.75) is 20.4 Å². The number of nitrogens with one attached hydrogen (secondary N) is 1. The highest BCUT2D eigenvalue weighted by Crippen LogP contribution is 2.20. The molecule has 0 aliphatic carbocycles. The lowest BCUT2D eigenvalue weighted by atomic mass is 10.1. The summed E-state index contributed by atoms with van der Waals surface area (Å²) in [5, 5.41) is 7.63. The average Bonchev–Trinajstić information content (AvgIpc) is 2.88. The first kappa shape index (κ1) is 15.7. The van der Waals surface area contributed by atoms with E-state index in [1.807, 2.05) is 18.2 Å². The molecule has 0 spiro atoms. The van der Waals surface area contributed by atoms with Crippen LogP contribution >= 0.6 is 15.9 Å². The van der Waals surface area contributed by atoms with Gasteiger partial charge in [0.1, 0.15) is 5.69 Å². The van der Waals surface area contributed by atoms with E-state index in [0.29, 0.717) is 5.92 Å². The van der Waals surface area contributed by atoms with Gasteiger partial charge in [-0.05, 0) is 42.3 Å². The third-order valence-electron chi connectivity index (χ3n) is 3.00. The van der Waals surface area contributed by atoms with Crippen molar-refractivity contribution in [1.82, 2.24) is 15.1 Å². The Hall–Kier alpha value is -1.66. The van der Waals surface area contributed by atoms with Crippen molar-refractivity contribution in [3.8, 4) is 5.69 Å². The van der Waals surface area contributed by atoms with Crippen LogP contribution in [-0.2, 0) is 6.54 Å². The van der Waals surface area contributed by atoms with Crippen molar-refractivity contribution in [2.24, 2.45) is 11.7 Å². The van der Waals surface area contributed by atoms with Crippen LogP contribution in [0.5, 0.6) is 0 Å². The van der Waals surface area contributed by atoms with Crippen LogP contribution in [0.2, 0.25) is 0 Å². The molecule has 112 valence electrons. The van der Waals surface area contributed by atoms with Gasteiger partial charge in [-0.15, -0.1) is 0 Å². The fourth-order valence-electron chi connectivity index (χ4n) is 2.00. The lowest BCUT2D eigenvalue weighted by Gasteiger charge is -2.12. The van der Waals surface area contributed by atoms with E-state index in [0.717, 1.165) is 28.8 Å². The average molecular weight is 351 g/mol. The molecule has 3 N–H and O–H groups in total. The minimum atomic E-state index is -0.523. The molecule has 6 heteroatoms. The first-order valence-corrected chi connectivity index (χ1v) is 7.61. The fraction of sp³-hybridized carbons (Fsp3) is 0.333. The molecule has 2 rings (SSSR count). The van der Waals surface area contributed by atoms with Crippen LogP contribution in [0.15, 0.2) is 34.9 Å². The van der Waals surface area contributed by atoms with Crippen LogP contribution in [0, 0.1) is 5.92 Å². The standard InChI is InChI=1S/C15H19BrN4O/c1-10(2)8-18-9-11-7-12(16)3-4-14(11)20-6-5-13(19-20)15(17)21/h3-7,10,18H,8-9H2,1-2H3,(H2,17,21). The van der Waals surface area contributed by atoms with Gasteiger partial charge in [0, 0.05) is 17.2 Å². The van der Waals surface area contributed by atoms with Crippen molar-refractivity contribution in [2.75, 3.05) is 6.54 Å². The van der Waals surface area contributed by atoms with Gasteiger partial charge < -0.3 is 11.1 Å². The smallest absolute Gasteiger partial charge is 0.269 e. The number of carbonyl (C=O) groups excluding carboxylic acids is 1. The summed E-state index contributed by atoms with van der Waals surface area (Å²) in [5.41, 5.74) is 7.54. The summed E-state index contributed by atoms with van der Waals surface area (Å²) in [6, 6.07) is 7.59. The van der Waals surface area contributed by atoms with Gasteiger partial charge in [0.05, 0.1) is 5.69 Å². The van der Waals surface area contributed by atoms with Gasteiger partial charge in [0.25, 0.3) is 5.91 Å². The molecule has 0 atom stereocenters. The van der Waals surface area contributed by atoms with Crippen LogP contribution < -0.4 is 11.1 Å². The highest BCUT2D eigenvalue weighted by molar-refractivity contribution is 9.10. The second-order valence-electron chi connectivity index (χ2n) is 5.31. The third-order valence-corrected chi connectivity index (χ3v) is 3.49. The SMILES string of the molecule is CC(C)CNCc1cc(Br)ccc1-n1ccc(C(N)=O)n1. The molecule has 21 heavy (non-hydrogen) atoms. The number of aromatic nitrogens is 2. The summed E-state index contributed by atoms with van der Waals surface area (Å²) in [5.74, 6) is 0.0668. The van der Waals surface area contributed by atoms with E-state index in [-0.39, 0.29) is 5.69 Å². The largest absolute Gasteiger partial charge is 0.364 e. The van der Waals surface area contributed by atoms with Crippen molar-refractivity contribution in [1.29, 1.82) is 0 Å². The van der Waals surface area contributed by atoms with Crippen LogP contribution in [0.3, 0.4) is 0 Å². The van der Waals surface area contributed by atoms with Gasteiger partial charge in [-0.2, -0.15) is 5.10 Å². The zero-order valence-electron chi connectivity index (χ0n) is 12.1. The van der Waals surface area contributed by atoms with Gasteiger partial charge in [-0.1, -0.05) is 29.8 Å². The molecule has 0 bridgehead atoms. The molecule has 0 unspecified atom stereocenters. The quantitative estimate of drug-likeness (QED) is 0.840. The van der Waals surface area contributed by atoms with E-state index in [1.54, 1.807) is 16.9 Å². The Balaban J connectivity index is 2.26. The van der Waals surface area contributed by atoms with Crippen LogP contribution in [0.4, 0.5) is 0 Å². The monoisotopic (exact) mass is 350 g/mol. The molecule has 2 aromatic rings. The lowest BCUT2D eigenvalue weighted by Crippen LogP contribution is -2.20. The van der Waals surface area contributed by atoms with Gasteiger partial charge in [-0.3, -0.25) is 4.79 Å². The van der Waals surface area contributed by atoms with Gasteiger partial charge in [0.2, 0.25) is 0 Å². The molecular formula is C15H19BrN4O. The first-order chi connectivity index (χ1) is 9.97. The summed E-state index contributed by atoms with van der Waals surface area (Å²) in [6.45, 7) is 6.01. The molecule has 5 nitrogen and oxygen atoms in total. The van der Waals surface area contributed by atoms with E-state index in [1.165, 1.54) is 0 Å². The molecule has 0 saturated carbocycles. The zero-order valence-corrected chi connectivity index (χ0v) is 13.7. The van der Waals surface area contributed by atoms with E-state index >= 15 is 0 Å². The number of primary amides is 1. The second kappa shape index (κ2) is 6.87. The fourth-order valence-corrected chi connectivity index (χ4v) is 2.41. The number of hydrogen-bond acceptors (Lipinski definition) is 3. The normalized spacial score (nSPS) is 11.0. The maximum Gasteiger partial charge on any atom is 0.269 e. The Labute approximate surface area is 132 Å². The van der Waals surface area contributed by atoms with Gasteiger partial charge in [0.15, 0.2) is 0 Å². The van der Waals surface area contributed by atoms with Crippen LogP contribution in [-0.4, -0.2) is 22.2 Å². The molecule has 1 aromatic heterocycles. The number of carbonyl (C=O) groups is 1. The summed E-state index contributed by atoms with van der Waals surface area (Å²) in [6.07, 6.45) is 1.75. The van der Waals surface area contributed by atoms with Gasteiger partial charge in [-0.25, -0.2) is 4.68 Å². The number of rotatable bonds is 6. The predicted octanol–water partition coefficient (Wildman–Crippen LogP) is 2.48. The highest BCUT2D eigenvalue weighted by atomic mass is 79.9. The molecule has 1 amide bonds. The van der Waals surface area contributed by atoms with Crippen molar-refractivity contribution < 1.29 is 4.79 Å². The Bertz CT molecular complexity index is 636. The topological polar surface area (TPSA) is 72.9 Å². The van der Waals surface area contributed by atoms with Gasteiger partial charge >= 0.3 is 0 Å². The van der Waals surface area contributed by atoms with Crippen molar-refractivity contribution >= 4 is 21.8 Å². The Morgan fingerprint density at radius 2 is 2.19 bits per heavy atom. The van der Waals surface area contributed by atoms with Crippen LogP contribution in [0.25, 0.3) is 5.69 Å². The number of halogens is 1. The Morgan fingerprint density at radius 1 is 1.43 bits per heavy atom. The van der Waals surface area contributed by atoms with E-state index in [4.69, 9.17) is 5.73 Å². The summed E-state index contributed by atoms with van der Waals surface area (Å²) in [4.78, 5) is 11.2. The molecular weight excluding hydrogens is 332 g/mol. The molecule has 1 heterocycles. The number of benzene rings is 1.